The summed E-state index contributed by atoms with van der Waals surface area (Å²) in [6.45, 7) is 0. The molecule has 0 saturated heterocycles. The third kappa shape index (κ3) is 1.60. The zero-order valence-electron chi connectivity index (χ0n) is 7.53. The number of rotatable bonds is 3. The van der Waals surface area contributed by atoms with Crippen molar-refractivity contribution in [2.24, 2.45) is 12.8 Å². The van der Waals surface area contributed by atoms with Gasteiger partial charge in [0.2, 0.25) is 5.78 Å². The second-order valence-electron chi connectivity index (χ2n) is 3.67. The van der Waals surface area contributed by atoms with Crippen LogP contribution in [0.2, 0.25) is 0 Å². The van der Waals surface area contributed by atoms with Crippen LogP contribution in [0.5, 0.6) is 0 Å². The number of nitrogens with two attached hydrogens (primary N) is 1. The van der Waals surface area contributed by atoms with Crippen LogP contribution in [-0.4, -0.2) is 26.1 Å². The van der Waals surface area contributed by atoms with E-state index >= 15 is 0 Å². The summed E-state index contributed by atoms with van der Waals surface area (Å²) < 4.78 is 1.48. The first-order chi connectivity index (χ1) is 6.11. The lowest BCUT2D eigenvalue weighted by molar-refractivity contribution is 0.0957. The first kappa shape index (κ1) is 8.37. The van der Waals surface area contributed by atoms with Gasteiger partial charge in [0.1, 0.15) is 6.33 Å². The van der Waals surface area contributed by atoms with Gasteiger partial charge in [-0.3, -0.25) is 4.79 Å². The molecule has 1 saturated carbocycles. The number of hydrogen-bond acceptors (Lipinski definition) is 4. The smallest absolute Gasteiger partial charge is 0.201 e. The van der Waals surface area contributed by atoms with Crippen LogP contribution in [0.1, 0.15) is 29.9 Å². The normalized spacial score (nSPS) is 18.6. The highest BCUT2D eigenvalue weighted by molar-refractivity contribution is 5.93. The second kappa shape index (κ2) is 2.63. The molecule has 1 aliphatic rings. The van der Waals surface area contributed by atoms with Crippen LogP contribution in [0.25, 0.3) is 0 Å². The summed E-state index contributed by atoms with van der Waals surface area (Å²) in [5, 5.41) is 3.83. The predicted molar refractivity (Wildman–Crippen MR) is 46.1 cm³/mol. The standard InChI is InChI=1S/C8H12N4O/c1-12-7(10-5-11-12)6(13)4-8(9)2-3-8/h5H,2-4,9H2,1H3. The van der Waals surface area contributed by atoms with Crippen molar-refractivity contribution in [1.82, 2.24) is 14.8 Å². The molecule has 2 N–H and O–H groups in total. The minimum atomic E-state index is -0.247. The quantitative estimate of drug-likeness (QED) is 0.658. The maximum absolute atomic E-state index is 11.6. The van der Waals surface area contributed by atoms with E-state index in [1.54, 1.807) is 7.05 Å². The lowest BCUT2D eigenvalue weighted by atomic mass is 10.1. The Morgan fingerprint density at radius 3 is 2.92 bits per heavy atom. The van der Waals surface area contributed by atoms with Crippen molar-refractivity contribution in [1.29, 1.82) is 0 Å². The molecule has 1 fully saturated rings. The molecule has 1 aromatic rings. The SMILES string of the molecule is Cn1ncnc1C(=O)CC1(N)CC1. The number of aromatic nitrogens is 3. The van der Waals surface area contributed by atoms with E-state index in [4.69, 9.17) is 5.73 Å². The van der Waals surface area contributed by atoms with Gasteiger partial charge in [-0.1, -0.05) is 0 Å². The van der Waals surface area contributed by atoms with Crippen molar-refractivity contribution in [2.45, 2.75) is 24.8 Å². The topological polar surface area (TPSA) is 73.8 Å². The Kier molecular flexibility index (Phi) is 1.69. The number of carbonyl (C=O) groups excluding carboxylic acids is 1. The molecule has 0 amide bonds. The molecule has 1 aliphatic carbocycles. The van der Waals surface area contributed by atoms with Crippen LogP contribution in [0.4, 0.5) is 0 Å². The van der Waals surface area contributed by atoms with Crippen molar-refractivity contribution < 1.29 is 4.79 Å². The van der Waals surface area contributed by atoms with Crippen molar-refractivity contribution in [3.8, 4) is 0 Å². The zero-order valence-corrected chi connectivity index (χ0v) is 7.53. The Balaban J connectivity index is 2.09. The number of carbonyl (C=O) groups is 1. The van der Waals surface area contributed by atoms with Gasteiger partial charge in [-0.15, -0.1) is 0 Å². The fourth-order valence-electron chi connectivity index (χ4n) is 1.28. The predicted octanol–water partition coefficient (Wildman–Crippen LogP) is -0.121. The lowest BCUT2D eigenvalue weighted by Gasteiger charge is -2.05. The maximum atomic E-state index is 11.6. The molecule has 0 unspecified atom stereocenters. The highest BCUT2D eigenvalue weighted by Gasteiger charge is 2.40. The molecule has 0 radical (unpaired) electrons. The van der Waals surface area contributed by atoms with Gasteiger partial charge in [-0.05, 0) is 12.8 Å². The van der Waals surface area contributed by atoms with E-state index < -0.39 is 0 Å². The highest BCUT2D eigenvalue weighted by Crippen LogP contribution is 2.36. The van der Waals surface area contributed by atoms with Gasteiger partial charge in [0, 0.05) is 19.0 Å². The Morgan fingerprint density at radius 2 is 2.46 bits per heavy atom. The van der Waals surface area contributed by atoms with Crippen LogP contribution in [0, 0.1) is 0 Å². The zero-order chi connectivity index (χ0) is 9.47. The first-order valence-corrected chi connectivity index (χ1v) is 4.27. The Bertz CT molecular complexity index is 340. The van der Waals surface area contributed by atoms with Gasteiger partial charge in [0.05, 0.1) is 0 Å². The average Bonchev–Trinajstić information content (AvgIpc) is 2.63. The second-order valence-corrected chi connectivity index (χ2v) is 3.67. The molecule has 0 spiro atoms. The van der Waals surface area contributed by atoms with Crippen LogP contribution in [0.15, 0.2) is 6.33 Å². The van der Waals surface area contributed by atoms with Gasteiger partial charge in [0.15, 0.2) is 5.82 Å². The number of ketones is 1. The number of Topliss-reactive ketones (excluding diaryl/α,β-unsaturated/α-hetero) is 1. The molecule has 1 heterocycles. The molecule has 0 bridgehead atoms. The molecule has 5 nitrogen and oxygen atoms in total. The Morgan fingerprint density at radius 1 is 1.77 bits per heavy atom. The molecule has 1 aromatic heterocycles. The average molecular weight is 180 g/mol. The summed E-state index contributed by atoms with van der Waals surface area (Å²) in [5.41, 5.74) is 5.58. The number of nitrogens with zero attached hydrogens (tertiary/aromatic N) is 3. The summed E-state index contributed by atoms with van der Waals surface area (Å²) in [6.07, 6.45) is 3.65. The molecular weight excluding hydrogens is 168 g/mol. The van der Waals surface area contributed by atoms with E-state index in [1.807, 2.05) is 0 Å². The van der Waals surface area contributed by atoms with E-state index in [9.17, 15) is 4.79 Å². The molecule has 0 atom stereocenters. The van der Waals surface area contributed by atoms with Gasteiger partial charge in [-0.2, -0.15) is 5.10 Å². The first-order valence-electron chi connectivity index (χ1n) is 4.27. The van der Waals surface area contributed by atoms with E-state index in [0.29, 0.717) is 12.2 Å². The molecule has 70 valence electrons. The summed E-state index contributed by atoms with van der Waals surface area (Å²) >= 11 is 0. The third-order valence-electron chi connectivity index (χ3n) is 2.37. The monoisotopic (exact) mass is 180 g/mol. The third-order valence-corrected chi connectivity index (χ3v) is 2.37. The van der Waals surface area contributed by atoms with Crippen LogP contribution < -0.4 is 5.73 Å². The van der Waals surface area contributed by atoms with E-state index in [2.05, 4.69) is 10.1 Å². The number of aryl methyl sites for hydroxylation is 1. The van der Waals surface area contributed by atoms with Crippen molar-refractivity contribution >= 4 is 5.78 Å². The molecule has 2 rings (SSSR count). The van der Waals surface area contributed by atoms with Gasteiger partial charge < -0.3 is 5.73 Å². The summed E-state index contributed by atoms with van der Waals surface area (Å²) in [4.78, 5) is 15.5. The highest BCUT2D eigenvalue weighted by atomic mass is 16.1. The molecule has 13 heavy (non-hydrogen) atoms. The minimum absolute atomic E-state index is 0.0139. The van der Waals surface area contributed by atoms with Gasteiger partial charge in [0.25, 0.3) is 0 Å². The minimum Gasteiger partial charge on any atom is -0.325 e. The van der Waals surface area contributed by atoms with Crippen molar-refractivity contribution in [3.05, 3.63) is 12.2 Å². The van der Waals surface area contributed by atoms with Crippen LogP contribution >= 0.6 is 0 Å². The fraction of sp³-hybridized carbons (Fsp3) is 0.625. The number of hydrogen-bond donors (Lipinski definition) is 1. The van der Waals surface area contributed by atoms with Gasteiger partial charge >= 0.3 is 0 Å². The molecule has 0 aromatic carbocycles. The molecular formula is C8H12N4O. The largest absolute Gasteiger partial charge is 0.325 e. The summed E-state index contributed by atoms with van der Waals surface area (Å²) in [6, 6.07) is 0. The van der Waals surface area contributed by atoms with E-state index in [-0.39, 0.29) is 11.3 Å². The van der Waals surface area contributed by atoms with E-state index in [0.717, 1.165) is 12.8 Å². The van der Waals surface area contributed by atoms with Crippen molar-refractivity contribution in [3.63, 3.8) is 0 Å². The Labute approximate surface area is 75.9 Å². The van der Waals surface area contributed by atoms with Crippen molar-refractivity contribution in [2.75, 3.05) is 0 Å². The molecule has 0 aliphatic heterocycles. The maximum Gasteiger partial charge on any atom is 0.201 e. The fourth-order valence-corrected chi connectivity index (χ4v) is 1.28. The molecule has 5 heteroatoms. The summed E-state index contributed by atoms with van der Waals surface area (Å²) in [7, 11) is 1.70. The van der Waals surface area contributed by atoms with Crippen LogP contribution in [-0.2, 0) is 7.05 Å². The van der Waals surface area contributed by atoms with Gasteiger partial charge in [-0.25, -0.2) is 9.67 Å². The van der Waals surface area contributed by atoms with Crippen LogP contribution in [0.3, 0.4) is 0 Å². The lowest BCUT2D eigenvalue weighted by Crippen LogP contribution is -2.26. The van der Waals surface area contributed by atoms with E-state index in [1.165, 1.54) is 11.0 Å². The Hall–Kier alpha value is -1.23. The summed E-state index contributed by atoms with van der Waals surface area (Å²) in [5.74, 6) is 0.386.